The molecule has 0 fully saturated rings. The van der Waals surface area contributed by atoms with Crippen LogP contribution in [-0.4, -0.2) is 10.2 Å². The van der Waals surface area contributed by atoms with Crippen LogP contribution in [0.3, 0.4) is 0 Å². The highest BCUT2D eigenvalue weighted by molar-refractivity contribution is 5.15. The SMILES string of the molecule is Cc1cc(C(C)C)c(=O)[nH]n1. The lowest BCUT2D eigenvalue weighted by Crippen LogP contribution is -2.15. The van der Waals surface area contributed by atoms with Crippen molar-refractivity contribution in [3.63, 3.8) is 0 Å². The van der Waals surface area contributed by atoms with Gasteiger partial charge in [0.1, 0.15) is 0 Å². The van der Waals surface area contributed by atoms with Gasteiger partial charge in [-0.1, -0.05) is 13.8 Å². The van der Waals surface area contributed by atoms with Gasteiger partial charge in [-0.2, -0.15) is 5.10 Å². The summed E-state index contributed by atoms with van der Waals surface area (Å²) >= 11 is 0. The van der Waals surface area contributed by atoms with Crippen molar-refractivity contribution in [2.45, 2.75) is 26.7 Å². The lowest BCUT2D eigenvalue weighted by atomic mass is 10.1. The van der Waals surface area contributed by atoms with Crippen molar-refractivity contribution >= 4 is 0 Å². The maximum Gasteiger partial charge on any atom is 0.267 e. The molecule has 60 valence electrons. The molecule has 0 spiro atoms. The standard InChI is InChI=1S/C8H12N2O/c1-5(2)7-4-6(3)9-10-8(7)11/h4-5H,1-3H3,(H,10,11). The summed E-state index contributed by atoms with van der Waals surface area (Å²) in [6.45, 7) is 5.84. The summed E-state index contributed by atoms with van der Waals surface area (Å²) in [4.78, 5) is 11.1. The minimum Gasteiger partial charge on any atom is -0.268 e. The molecule has 1 aromatic rings. The van der Waals surface area contributed by atoms with Gasteiger partial charge in [0.25, 0.3) is 5.56 Å². The van der Waals surface area contributed by atoms with E-state index >= 15 is 0 Å². The third-order valence-electron chi connectivity index (χ3n) is 1.58. The number of hydrogen-bond donors (Lipinski definition) is 1. The number of nitrogens with zero attached hydrogens (tertiary/aromatic N) is 1. The Labute approximate surface area is 65.5 Å². The first kappa shape index (κ1) is 7.98. The van der Waals surface area contributed by atoms with Crippen LogP contribution in [0.5, 0.6) is 0 Å². The summed E-state index contributed by atoms with van der Waals surface area (Å²) in [5, 5.41) is 6.23. The Bertz CT molecular complexity index is 301. The van der Waals surface area contributed by atoms with E-state index in [0.29, 0.717) is 0 Å². The van der Waals surface area contributed by atoms with Crippen LogP contribution < -0.4 is 5.56 Å². The lowest BCUT2D eigenvalue weighted by Gasteiger charge is -2.02. The Morgan fingerprint density at radius 1 is 1.55 bits per heavy atom. The zero-order valence-corrected chi connectivity index (χ0v) is 7.01. The summed E-state index contributed by atoms with van der Waals surface area (Å²) in [5.41, 5.74) is 1.58. The Balaban J connectivity index is 3.24. The van der Waals surface area contributed by atoms with Crippen LogP contribution in [0.4, 0.5) is 0 Å². The molecule has 11 heavy (non-hydrogen) atoms. The van der Waals surface area contributed by atoms with Crippen LogP contribution >= 0.6 is 0 Å². The fourth-order valence-corrected chi connectivity index (χ4v) is 0.955. The minimum absolute atomic E-state index is 0.0781. The third kappa shape index (κ3) is 1.67. The molecule has 3 nitrogen and oxygen atoms in total. The van der Waals surface area contributed by atoms with Crippen molar-refractivity contribution in [1.82, 2.24) is 10.2 Å². The quantitative estimate of drug-likeness (QED) is 0.657. The monoisotopic (exact) mass is 152 g/mol. The van der Waals surface area contributed by atoms with E-state index in [4.69, 9.17) is 0 Å². The largest absolute Gasteiger partial charge is 0.268 e. The van der Waals surface area contributed by atoms with Crippen molar-refractivity contribution in [3.8, 4) is 0 Å². The summed E-state index contributed by atoms with van der Waals surface area (Å²) in [6, 6.07) is 1.82. The molecule has 1 aromatic heterocycles. The molecule has 0 aliphatic carbocycles. The topological polar surface area (TPSA) is 45.8 Å². The molecule has 0 atom stereocenters. The molecular formula is C8H12N2O. The molecule has 0 bridgehead atoms. The smallest absolute Gasteiger partial charge is 0.267 e. The first-order valence-electron chi connectivity index (χ1n) is 3.67. The van der Waals surface area contributed by atoms with Crippen molar-refractivity contribution < 1.29 is 0 Å². The lowest BCUT2D eigenvalue weighted by molar-refractivity contribution is 0.809. The predicted octanol–water partition coefficient (Wildman–Crippen LogP) is 1.20. The number of aryl methyl sites for hydroxylation is 1. The summed E-state index contributed by atoms with van der Waals surface area (Å²) in [7, 11) is 0. The normalized spacial score (nSPS) is 10.5. The molecule has 1 heterocycles. The van der Waals surface area contributed by atoms with Gasteiger partial charge in [0.2, 0.25) is 0 Å². The van der Waals surface area contributed by atoms with Crippen molar-refractivity contribution in [2.24, 2.45) is 0 Å². The Hall–Kier alpha value is -1.12. The molecule has 0 amide bonds. The van der Waals surface area contributed by atoms with E-state index in [-0.39, 0.29) is 11.5 Å². The first-order chi connectivity index (χ1) is 5.11. The van der Waals surface area contributed by atoms with E-state index in [1.807, 2.05) is 26.8 Å². The van der Waals surface area contributed by atoms with E-state index in [0.717, 1.165) is 11.3 Å². The maximum absolute atomic E-state index is 11.1. The molecule has 0 aliphatic heterocycles. The van der Waals surface area contributed by atoms with Crippen LogP contribution in [0.25, 0.3) is 0 Å². The number of nitrogens with one attached hydrogen (secondary N) is 1. The second-order valence-corrected chi connectivity index (χ2v) is 2.95. The summed E-state index contributed by atoms with van der Waals surface area (Å²) in [6.07, 6.45) is 0. The molecule has 0 saturated heterocycles. The van der Waals surface area contributed by atoms with Crippen LogP contribution in [0.2, 0.25) is 0 Å². The molecule has 1 rings (SSSR count). The van der Waals surface area contributed by atoms with E-state index in [1.54, 1.807) is 0 Å². The van der Waals surface area contributed by atoms with Gasteiger partial charge in [-0.05, 0) is 18.9 Å². The fraction of sp³-hybridized carbons (Fsp3) is 0.500. The highest BCUT2D eigenvalue weighted by atomic mass is 16.1. The van der Waals surface area contributed by atoms with Gasteiger partial charge in [0.15, 0.2) is 0 Å². The summed E-state index contributed by atoms with van der Waals surface area (Å²) < 4.78 is 0. The number of rotatable bonds is 1. The number of hydrogen-bond acceptors (Lipinski definition) is 2. The fourth-order valence-electron chi connectivity index (χ4n) is 0.955. The van der Waals surface area contributed by atoms with Gasteiger partial charge >= 0.3 is 0 Å². The molecule has 0 unspecified atom stereocenters. The van der Waals surface area contributed by atoms with Gasteiger partial charge in [-0.25, -0.2) is 5.10 Å². The number of aromatic amines is 1. The molecule has 0 aromatic carbocycles. The number of aromatic nitrogens is 2. The average Bonchev–Trinajstić information content (AvgIpc) is 1.94. The second-order valence-electron chi connectivity index (χ2n) is 2.95. The maximum atomic E-state index is 11.1. The van der Waals surface area contributed by atoms with Crippen molar-refractivity contribution in [2.75, 3.05) is 0 Å². The Morgan fingerprint density at radius 3 is 2.64 bits per heavy atom. The zero-order chi connectivity index (χ0) is 8.43. The van der Waals surface area contributed by atoms with Gasteiger partial charge in [0.05, 0.1) is 5.69 Å². The summed E-state index contributed by atoms with van der Waals surface area (Å²) in [5.74, 6) is 0.264. The first-order valence-corrected chi connectivity index (χ1v) is 3.67. The van der Waals surface area contributed by atoms with Crippen LogP contribution in [0.1, 0.15) is 31.0 Å². The van der Waals surface area contributed by atoms with Gasteiger partial charge in [0, 0.05) is 5.56 Å². The minimum atomic E-state index is -0.0781. The van der Waals surface area contributed by atoms with Gasteiger partial charge in [-0.15, -0.1) is 0 Å². The Morgan fingerprint density at radius 2 is 2.18 bits per heavy atom. The van der Waals surface area contributed by atoms with Crippen molar-refractivity contribution in [3.05, 3.63) is 27.7 Å². The molecule has 0 radical (unpaired) electrons. The second kappa shape index (κ2) is 2.86. The predicted molar refractivity (Wildman–Crippen MR) is 43.7 cm³/mol. The molecule has 3 heteroatoms. The Kier molecular flexibility index (Phi) is 2.08. The molecule has 0 aliphatic rings. The average molecular weight is 152 g/mol. The van der Waals surface area contributed by atoms with E-state index in [2.05, 4.69) is 10.2 Å². The molecule has 1 N–H and O–H groups in total. The van der Waals surface area contributed by atoms with E-state index < -0.39 is 0 Å². The number of H-pyrrole nitrogens is 1. The van der Waals surface area contributed by atoms with Gasteiger partial charge < -0.3 is 0 Å². The highest BCUT2D eigenvalue weighted by Gasteiger charge is 2.03. The highest BCUT2D eigenvalue weighted by Crippen LogP contribution is 2.07. The van der Waals surface area contributed by atoms with Crippen molar-refractivity contribution in [1.29, 1.82) is 0 Å². The zero-order valence-electron chi connectivity index (χ0n) is 7.01. The molecular weight excluding hydrogens is 140 g/mol. The van der Waals surface area contributed by atoms with Crippen LogP contribution in [-0.2, 0) is 0 Å². The van der Waals surface area contributed by atoms with E-state index in [9.17, 15) is 4.79 Å². The van der Waals surface area contributed by atoms with Crippen LogP contribution in [0.15, 0.2) is 10.9 Å². The molecule has 0 saturated carbocycles. The van der Waals surface area contributed by atoms with Gasteiger partial charge in [-0.3, -0.25) is 4.79 Å². The third-order valence-corrected chi connectivity index (χ3v) is 1.58. The van der Waals surface area contributed by atoms with Crippen LogP contribution in [0, 0.1) is 6.92 Å². The van der Waals surface area contributed by atoms with E-state index in [1.165, 1.54) is 0 Å².